The molecule has 0 radical (unpaired) electrons. The molecule has 0 aliphatic carbocycles. The summed E-state index contributed by atoms with van der Waals surface area (Å²) in [4.78, 5) is 11.2. The molecular weight excluding hydrogens is 264 g/mol. The smallest absolute Gasteiger partial charge is 0.340 e. The molecule has 1 aromatic heterocycles. The van der Waals surface area contributed by atoms with Gasteiger partial charge in [0, 0.05) is 0 Å². The van der Waals surface area contributed by atoms with Gasteiger partial charge in [-0.1, -0.05) is 37.6 Å². The Morgan fingerprint density at radius 2 is 1.89 bits per heavy atom. The first-order valence-electron chi connectivity index (χ1n) is 6.18. The topological polar surface area (TPSA) is 55.1 Å². The van der Waals surface area contributed by atoms with Crippen molar-refractivity contribution in [2.75, 3.05) is 0 Å². The van der Waals surface area contributed by atoms with Gasteiger partial charge in [0.15, 0.2) is 0 Å². The Bertz CT molecular complexity index is 603. The van der Waals surface area contributed by atoms with Gasteiger partial charge in [-0.25, -0.2) is 9.48 Å². The van der Waals surface area contributed by atoms with Crippen molar-refractivity contribution in [3.8, 4) is 5.69 Å². The molecule has 19 heavy (non-hydrogen) atoms. The molecule has 0 saturated heterocycles. The van der Waals surface area contributed by atoms with E-state index in [4.69, 9.17) is 11.6 Å². The maximum Gasteiger partial charge on any atom is 0.340 e. The molecule has 0 amide bonds. The third-order valence-electron chi connectivity index (χ3n) is 3.04. The predicted octanol–water partition coefficient (Wildman–Crippen LogP) is 3.35. The summed E-state index contributed by atoms with van der Waals surface area (Å²) >= 11 is 6.13. The summed E-state index contributed by atoms with van der Waals surface area (Å²) in [6.07, 6.45) is 1.48. The van der Waals surface area contributed by atoms with Crippen LogP contribution in [0.2, 0.25) is 5.15 Å². The second kappa shape index (κ2) is 5.45. The lowest BCUT2D eigenvalue weighted by Gasteiger charge is -2.04. The van der Waals surface area contributed by atoms with Crippen molar-refractivity contribution >= 4 is 17.6 Å². The van der Waals surface area contributed by atoms with Crippen LogP contribution in [0.3, 0.4) is 0 Å². The van der Waals surface area contributed by atoms with Crippen LogP contribution in [-0.4, -0.2) is 20.9 Å². The zero-order valence-electron chi connectivity index (χ0n) is 10.9. The van der Waals surface area contributed by atoms with Crippen molar-refractivity contribution in [3.63, 3.8) is 0 Å². The number of carboxylic acid groups (broad SMARTS) is 1. The molecule has 0 fully saturated rings. The lowest BCUT2D eigenvalue weighted by atomic mass is 10.1. The molecule has 2 rings (SSSR count). The van der Waals surface area contributed by atoms with Gasteiger partial charge in [-0.2, -0.15) is 5.10 Å². The second-order valence-electron chi connectivity index (χ2n) is 4.20. The van der Waals surface area contributed by atoms with Crippen molar-refractivity contribution in [3.05, 3.63) is 46.2 Å². The lowest BCUT2D eigenvalue weighted by Crippen LogP contribution is -2.00. The number of benzene rings is 1. The summed E-state index contributed by atoms with van der Waals surface area (Å²) in [5, 5.41) is 13.6. The van der Waals surface area contributed by atoms with Crippen molar-refractivity contribution < 1.29 is 9.90 Å². The van der Waals surface area contributed by atoms with E-state index < -0.39 is 5.97 Å². The average molecular weight is 279 g/mol. The number of hydrogen-bond acceptors (Lipinski definition) is 2. The maximum atomic E-state index is 11.2. The number of carbonyl (C=O) groups is 1. The molecule has 0 bridgehead atoms. The third kappa shape index (κ3) is 2.49. The SMILES string of the molecule is CCc1ccc(-n2nc(CC)c(C(=O)O)c2Cl)cc1. The van der Waals surface area contributed by atoms with Crippen LogP contribution >= 0.6 is 11.6 Å². The van der Waals surface area contributed by atoms with Gasteiger partial charge in [0.25, 0.3) is 0 Å². The number of aromatic nitrogens is 2. The van der Waals surface area contributed by atoms with E-state index in [-0.39, 0.29) is 10.7 Å². The molecule has 0 spiro atoms. The predicted molar refractivity (Wildman–Crippen MR) is 74.3 cm³/mol. The minimum absolute atomic E-state index is 0.0868. The molecule has 1 aromatic carbocycles. The highest BCUT2D eigenvalue weighted by atomic mass is 35.5. The van der Waals surface area contributed by atoms with Crippen LogP contribution in [0.1, 0.15) is 35.5 Å². The van der Waals surface area contributed by atoms with Crippen LogP contribution in [-0.2, 0) is 12.8 Å². The Morgan fingerprint density at radius 1 is 1.26 bits per heavy atom. The van der Waals surface area contributed by atoms with E-state index in [1.165, 1.54) is 10.2 Å². The molecule has 0 saturated carbocycles. The highest BCUT2D eigenvalue weighted by Gasteiger charge is 2.21. The Morgan fingerprint density at radius 3 is 2.32 bits per heavy atom. The van der Waals surface area contributed by atoms with Crippen molar-refractivity contribution in [2.45, 2.75) is 26.7 Å². The number of rotatable bonds is 4. The normalized spacial score (nSPS) is 10.7. The average Bonchev–Trinajstić information content (AvgIpc) is 2.76. The first-order valence-corrected chi connectivity index (χ1v) is 6.56. The fourth-order valence-electron chi connectivity index (χ4n) is 1.94. The standard InChI is InChI=1S/C14H15ClN2O2/c1-3-9-5-7-10(8-6-9)17-13(15)12(14(18)19)11(4-2)16-17/h5-8H,3-4H2,1-2H3,(H,18,19). The van der Waals surface area contributed by atoms with E-state index in [1.54, 1.807) is 0 Å². The van der Waals surface area contributed by atoms with Gasteiger partial charge in [-0.3, -0.25) is 0 Å². The molecule has 0 atom stereocenters. The molecule has 1 heterocycles. The van der Waals surface area contributed by atoms with E-state index in [1.807, 2.05) is 31.2 Å². The zero-order chi connectivity index (χ0) is 14.0. The number of aromatic carboxylic acids is 1. The van der Waals surface area contributed by atoms with E-state index in [0.29, 0.717) is 12.1 Å². The highest BCUT2D eigenvalue weighted by Crippen LogP contribution is 2.24. The van der Waals surface area contributed by atoms with Crippen LogP contribution in [0, 0.1) is 0 Å². The van der Waals surface area contributed by atoms with Gasteiger partial charge in [0.2, 0.25) is 0 Å². The summed E-state index contributed by atoms with van der Waals surface area (Å²) in [5.74, 6) is -1.04. The number of hydrogen-bond donors (Lipinski definition) is 1. The Labute approximate surface area is 116 Å². The maximum absolute atomic E-state index is 11.2. The van der Waals surface area contributed by atoms with Crippen molar-refractivity contribution in [2.24, 2.45) is 0 Å². The van der Waals surface area contributed by atoms with Crippen LogP contribution in [0.15, 0.2) is 24.3 Å². The Balaban J connectivity index is 2.52. The fourth-order valence-corrected chi connectivity index (χ4v) is 2.27. The Kier molecular flexibility index (Phi) is 3.90. The molecular formula is C14H15ClN2O2. The second-order valence-corrected chi connectivity index (χ2v) is 4.56. The summed E-state index contributed by atoms with van der Waals surface area (Å²) in [6, 6.07) is 7.75. The van der Waals surface area contributed by atoms with E-state index in [0.717, 1.165) is 12.1 Å². The molecule has 2 aromatic rings. The monoisotopic (exact) mass is 278 g/mol. The first kappa shape index (κ1) is 13.6. The molecule has 5 heteroatoms. The fraction of sp³-hybridized carbons (Fsp3) is 0.286. The van der Waals surface area contributed by atoms with Crippen LogP contribution in [0.4, 0.5) is 0 Å². The van der Waals surface area contributed by atoms with E-state index >= 15 is 0 Å². The summed E-state index contributed by atoms with van der Waals surface area (Å²) in [7, 11) is 0. The van der Waals surface area contributed by atoms with Gasteiger partial charge in [-0.05, 0) is 30.5 Å². The molecule has 0 aliphatic rings. The third-order valence-corrected chi connectivity index (χ3v) is 3.39. The van der Waals surface area contributed by atoms with Gasteiger partial charge >= 0.3 is 5.97 Å². The van der Waals surface area contributed by atoms with Gasteiger partial charge in [0.05, 0.1) is 11.4 Å². The zero-order valence-corrected chi connectivity index (χ0v) is 11.6. The van der Waals surface area contributed by atoms with Crippen LogP contribution in [0.25, 0.3) is 5.69 Å². The highest BCUT2D eigenvalue weighted by molar-refractivity contribution is 6.32. The Hall–Kier alpha value is -1.81. The molecule has 0 aliphatic heterocycles. The largest absolute Gasteiger partial charge is 0.478 e. The molecule has 100 valence electrons. The minimum Gasteiger partial charge on any atom is -0.478 e. The summed E-state index contributed by atoms with van der Waals surface area (Å²) in [5.41, 5.74) is 2.56. The molecule has 0 unspecified atom stereocenters. The number of carboxylic acids is 1. The molecule has 1 N–H and O–H groups in total. The van der Waals surface area contributed by atoms with Gasteiger partial charge < -0.3 is 5.11 Å². The summed E-state index contributed by atoms with van der Waals surface area (Å²) < 4.78 is 1.48. The number of nitrogens with zero attached hydrogens (tertiary/aromatic N) is 2. The van der Waals surface area contributed by atoms with Crippen molar-refractivity contribution in [1.29, 1.82) is 0 Å². The lowest BCUT2D eigenvalue weighted by molar-refractivity contribution is 0.0696. The number of halogens is 1. The summed E-state index contributed by atoms with van der Waals surface area (Å²) in [6.45, 7) is 3.93. The van der Waals surface area contributed by atoms with Gasteiger partial charge in [-0.15, -0.1) is 0 Å². The van der Waals surface area contributed by atoms with Crippen LogP contribution < -0.4 is 0 Å². The van der Waals surface area contributed by atoms with Crippen LogP contribution in [0.5, 0.6) is 0 Å². The first-order chi connectivity index (χ1) is 9.08. The van der Waals surface area contributed by atoms with Crippen molar-refractivity contribution in [1.82, 2.24) is 9.78 Å². The van der Waals surface area contributed by atoms with E-state index in [2.05, 4.69) is 12.0 Å². The number of aryl methyl sites for hydroxylation is 2. The van der Waals surface area contributed by atoms with E-state index in [9.17, 15) is 9.90 Å². The van der Waals surface area contributed by atoms with Gasteiger partial charge in [0.1, 0.15) is 10.7 Å². The quantitative estimate of drug-likeness (QED) is 0.933. The minimum atomic E-state index is -1.04. The molecule has 4 nitrogen and oxygen atoms in total.